The Morgan fingerprint density at radius 2 is 1.81 bits per heavy atom. The second-order valence-electron chi connectivity index (χ2n) is 4.74. The summed E-state index contributed by atoms with van der Waals surface area (Å²) in [5.41, 5.74) is 3.42. The van der Waals surface area contributed by atoms with Crippen LogP contribution in [-0.2, 0) is 5.75 Å². The van der Waals surface area contributed by atoms with Crippen LogP contribution in [0.5, 0.6) is 0 Å². The lowest BCUT2D eigenvalue weighted by molar-refractivity contribution is 0.0696. The molecule has 0 atom stereocenters. The van der Waals surface area contributed by atoms with Crippen LogP contribution in [0.15, 0.2) is 23.4 Å². The number of carbonyl (C=O) groups is 1. The first-order valence-corrected chi connectivity index (χ1v) is 7.33. The van der Waals surface area contributed by atoms with Gasteiger partial charge >= 0.3 is 5.97 Å². The van der Waals surface area contributed by atoms with E-state index in [2.05, 4.69) is 9.97 Å². The van der Waals surface area contributed by atoms with Crippen LogP contribution in [0.2, 0.25) is 0 Å². The average molecular weight is 306 g/mol. The molecule has 1 heterocycles. The van der Waals surface area contributed by atoms with Crippen molar-refractivity contribution >= 4 is 17.7 Å². The van der Waals surface area contributed by atoms with Crippen molar-refractivity contribution in [1.29, 1.82) is 0 Å². The number of carboxylic acids is 1. The Bertz CT molecular complexity index is 681. The molecule has 6 heteroatoms. The number of nitrogens with zero attached hydrogens (tertiary/aromatic N) is 2. The minimum atomic E-state index is -1.14. The Morgan fingerprint density at radius 1 is 1.19 bits per heavy atom. The van der Waals surface area contributed by atoms with Crippen LogP contribution in [0.4, 0.5) is 4.39 Å². The van der Waals surface area contributed by atoms with Gasteiger partial charge in [-0.1, -0.05) is 11.8 Å². The molecular formula is C15H15FN2O2S. The third-order valence-electron chi connectivity index (χ3n) is 3.18. The number of aromatic nitrogens is 2. The van der Waals surface area contributed by atoms with E-state index in [1.54, 1.807) is 0 Å². The van der Waals surface area contributed by atoms with Crippen molar-refractivity contribution < 1.29 is 14.3 Å². The molecule has 4 nitrogen and oxygen atoms in total. The molecule has 0 saturated heterocycles. The summed E-state index contributed by atoms with van der Waals surface area (Å²) in [6, 6.07) is 3.80. The van der Waals surface area contributed by atoms with Crippen molar-refractivity contribution in [3.8, 4) is 0 Å². The number of benzene rings is 1. The lowest BCUT2D eigenvalue weighted by Gasteiger charge is -2.07. The number of thioether (sulfide) groups is 1. The van der Waals surface area contributed by atoms with Gasteiger partial charge in [0.25, 0.3) is 0 Å². The fourth-order valence-corrected chi connectivity index (χ4v) is 2.68. The molecular weight excluding hydrogens is 291 g/mol. The molecule has 2 aromatic rings. The number of hydrogen-bond acceptors (Lipinski definition) is 4. The van der Waals surface area contributed by atoms with E-state index >= 15 is 0 Å². The van der Waals surface area contributed by atoms with Gasteiger partial charge in [-0.3, -0.25) is 0 Å². The molecule has 1 N–H and O–H groups in total. The summed E-state index contributed by atoms with van der Waals surface area (Å²) in [5, 5.41) is 9.53. The van der Waals surface area contributed by atoms with E-state index in [-0.39, 0.29) is 5.56 Å². The van der Waals surface area contributed by atoms with Crippen molar-refractivity contribution in [3.63, 3.8) is 0 Å². The van der Waals surface area contributed by atoms with Gasteiger partial charge in [0, 0.05) is 17.1 Å². The van der Waals surface area contributed by atoms with Crippen LogP contribution in [0, 0.1) is 26.6 Å². The zero-order valence-corrected chi connectivity index (χ0v) is 12.8. The first kappa shape index (κ1) is 15.4. The van der Waals surface area contributed by atoms with Crippen molar-refractivity contribution in [2.24, 2.45) is 0 Å². The van der Waals surface area contributed by atoms with E-state index in [1.807, 2.05) is 20.8 Å². The van der Waals surface area contributed by atoms with E-state index in [0.29, 0.717) is 16.5 Å². The summed E-state index contributed by atoms with van der Waals surface area (Å²) in [4.78, 5) is 19.6. The van der Waals surface area contributed by atoms with E-state index in [0.717, 1.165) is 23.0 Å². The highest BCUT2D eigenvalue weighted by molar-refractivity contribution is 7.98. The molecule has 0 bridgehead atoms. The predicted octanol–water partition coefficient (Wildman–Crippen LogP) is 3.53. The van der Waals surface area contributed by atoms with Crippen molar-refractivity contribution in [3.05, 3.63) is 52.1 Å². The number of aromatic carboxylic acids is 1. The third-order valence-corrected chi connectivity index (χ3v) is 4.10. The topological polar surface area (TPSA) is 63.1 Å². The maximum absolute atomic E-state index is 13.4. The summed E-state index contributed by atoms with van der Waals surface area (Å²) < 4.78 is 13.4. The van der Waals surface area contributed by atoms with Gasteiger partial charge in [0.05, 0.1) is 5.56 Å². The Balaban J connectivity index is 2.18. The largest absolute Gasteiger partial charge is 0.478 e. The lowest BCUT2D eigenvalue weighted by Crippen LogP contribution is -2.00. The fraction of sp³-hybridized carbons (Fsp3) is 0.267. The van der Waals surface area contributed by atoms with Crippen LogP contribution >= 0.6 is 11.8 Å². The highest BCUT2D eigenvalue weighted by Crippen LogP contribution is 2.22. The predicted molar refractivity (Wildman–Crippen MR) is 79.2 cm³/mol. The molecule has 21 heavy (non-hydrogen) atoms. The summed E-state index contributed by atoms with van der Waals surface area (Å²) in [7, 11) is 0. The van der Waals surface area contributed by atoms with E-state index in [4.69, 9.17) is 5.11 Å². The van der Waals surface area contributed by atoms with Gasteiger partial charge in [0.1, 0.15) is 5.82 Å². The Labute approximate surface area is 126 Å². The zero-order chi connectivity index (χ0) is 15.6. The quantitative estimate of drug-likeness (QED) is 0.691. The van der Waals surface area contributed by atoms with Gasteiger partial charge in [0.15, 0.2) is 5.16 Å². The number of hydrogen-bond donors (Lipinski definition) is 1. The third kappa shape index (κ3) is 3.78. The van der Waals surface area contributed by atoms with Gasteiger partial charge in [-0.2, -0.15) is 0 Å². The minimum Gasteiger partial charge on any atom is -0.478 e. The molecule has 110 valence electrons. The number of rotatable bonds is 4. The van der Waals surface area contributed by atoms with Crippen LogP contribution in [-0.4, -0.2) is 21.0 Å². The fourth-order valence-electron chi connectivity index (χ4n) is 1.81. The van der Waals surface area contributed by atoms with E-state index in [9.17, 15) is 9.18 Å². The molecule has 1 aromatic carbocycles. The average Bonchev–Trinajstić information content (AvgIpc) is 2.41. The van der Waals surface area contributed by atoms with Crippen LogP contribution in [0.25, 0.3) is 0 Å². The number of carboxylic acid groups (broad SMARTS) is 1. The molecule has 0 aliphatic carbocycles. The van der Waals surface area contributed by atoms with Gasteiger partial charge in [-0.05, 0) is 50.1 Å². The maximum atomic E-state index is 13.4. The molecule has 2 rings (SSSR count). The molecule has 1 aromatic heterocycles. The van der Waals surface area contributed by atoms with Crippen LogP contribution < -0.4 is 0 Å². The SMILES string of the molecule is Cc1nc(SCc2cc(F)cc(C(=O)O)c2)nc(C)c1C. The highest BCUT2D eigenvalue weighted by atomic mass is 32.2. The Kier molecular flexibility index (Phi) is 4.57. The van der Waals surface area contributed by atoms with Crippen molar-refractivity contribution in [2.45, 2.75) is 31.7 Å². The van der Waals surface area contributed by atoms with Crippen LogP contribution in [0.3, 0.4) is 0 Å². The Hall–Kier alpha value is -1.95. The Morgan fingerprint density at radius 3 is 2.38 bits per heavy atom. The normalized spacial score (nSPS) is 10.7. The lowest BCUT2D eigenvalue weighted by atomic mass is 10.1. The van der Waals surface area contributed by atoms with E-state index in [1.165, 1.54) is 23.9 Å². The maximum Gasteiger partial charge on any atom is 0.335 e. The summed E-state index contributed by atoms with van der Waals surface area (Å²) in [6.45, 7) is 5.79. The van der Waals surface area contributed by atoms with Crippen LogP contribution in [0.1, 0.15) is 32.9 Å². The number of aryl methyl sites for hydroxylation is 2. The van der Waals surface area contributed by atoms with Crippen molar-refractivity contribution in [2.75, 3.05) is 0 Å². The molecule has 0 spiro atoms. The number of halogens is 1. The zero-order valence-electron chi connectivity index (χ0n) is 12.0. The molecule has 0 fully saturated rings. The van der Waals surface area contributed by atoms with Gasteiger partial charge in [-0.15, -0.1) is 0 Å². The second-order valence-corrected chi connectivity index (χ2v) is 5.69. The summed E-state index contributed by atoms with van der Waals surface area (Å²) in [6.07, 6.45) is 0. The molecule has 0 saturated carbocycles. The van der Waals surface area contributed by atoms with Gasteiger partial charge in [0.2, 0.25) is 0 Å². The second kappa shape index (κ2) is 6.22. The molecule has 0 amide bonds. The van der Waals surface area contributed by atoms with Crippen molar-refractivity contribution in [1.82, 2.24) is 9.97 Å². The minimum absolute atomic E-state index is 0.0530. The summed E-state index contributed by atoms with van der Waals surface area (Å²) >= 11 is 1.36. The smallest absolute Gasteiger partial charge is 0.335 e. The van der Waals surface area contributed by atoms with E-state index < -0.39 is 11.8 Å². The van der Waals surface area contributed by atoms with Gasteiger partial charge < -0.3 is 5.11 Å². The molecule has 0 aliphatic heterocycles. The first-order valence-electron chi connectivity index (χ1n) is 6.34. The summed E-state index contributed by atoms with van der Waals surface area (Å²) in [5.74, 6) is -1.28. The standard InChI is InChI=1S/C15H15FN2O2S/c1-8-9(2)17-15(18-10(8)3)21-7-11-4-12(14(19)20)6-13(16)5-11/h4-6H,7H2,1-3H3,(H,19,20). The molecule has 0 radical (unpaired) electrons. The highest BCUT2D eigenvalue weighted by Gasteiger charge is 2.09. The molecule has 0 aliphatic rings. The first-order chi connectivity index (χ1) is 9.86. The van der Waals surface area contributed by atoms with Gasteiger partial charge in [-0.25, -0.2) is 19.2 Å². The monoisotopic (exact) mass is 306 g/mol. The molecule has 0 unspecified atom stereocenters.